The van der Waals surface area contributed by atoms with Crippen LogP contribution in [0.1, 0.15) is 22.0 Å². The monoisotopic (exact) mass is 466 g/mol. The zero-order valence-corrected chi connectivity index (χ0v) is 17.6. The third-order valence-electron chi connectivity index (χ3n) is 5.79. The minimum absolute atomic E-state index is 0.0144. The van der Waals surface area contributed by atoms with Gasteiger partial charge in [-0.3, -0.25) is 14.4 Å². The standard InChI is InChI=1S/C24H16ClFN2O5/c25-16-7-4-8-17(26)18(16)20-19-21(33-28(20)15-5-2-1-3-6-15)23(30)27(22(19)29)14-11-9-13(10-12-14)24(31)32/h1-12,19-21H,(H,31,32)/t19-,20+,21-/m0/s1. The fourth-order valence-corrected chi connectivity index (χ4v) is 4.58. The molecule has 0 bridgehead atoms. The van der Waals surface area contributed by atoms with Crippen LogP contribution >= 0.6 is 11.6 Å². The largest absolute Gasteiger partial charge is 0.478 e. The molecule has 2 amide bonds. The number of carboxylic acids is 1. The maximum Gasteiger partial charge on any atom is 0.335 e. The molecular formula is C24H16ClFN2O5. The van der Waals surface area contributed by atoms with Gasteiger partial charge in [-0.15, -0.1) is 0 Å². The molecule has 3 atom stereocenters. The SMILES string of the molecule is O=C(O)c1ccc(N2C(=O)[C@@H]3[C@H](ON(c4ccccc4)[C@@H]3c3c(F)cccc3Cl)C2=O)cc1. The van der Waals surface area contributed by atoms with Crippen molar-refractivity contribution in [3.8, 4) is 0 Å². The van der Waals surface area contributed by atoms with Crippen molar-refractivity contribution in [2.75, 3.05) is 9.96 Å². The van der Waals surface area contributed by atoms with Crippen molar-refractivity contribution in [3.05, 3.63) is 94.8 Å². The Morgan fingerprint density at radius 2 is 1.61 bits per heavy atom. The Morgan fingerprint density at radius 3 is 2.24 bits per heavy atom. The highest BCUT2D eigenvalue weighted by Crippen LogP contribution is 2.49. The van der Waals surface area contributed by atoms with Crippen LogP contribution in [0, 0.1) is 11.7 Å². The van der Waals surface area contributed by atoms with Gasteiger partial charge < -0.3 is 5.11 Å². The summed E-state index contributed by atoms with van der Waals surface area (Å²) in [5.74, 6) is -4.03. The Kier molecular flexibility index (Phi) is 5.11. The maximum absolute atomic E-state index is 15.0. The van der Waals surface area contributed by atoms with Gasteiger partial charge in [-0.2, -0.15) is 0 Å². The molecular weight excluding hydrogens is 451 g/mol. The van der Waals surface area contributed by atoms with Crippen molar-refractivity contribution < 1.29 is 28.7 Å². The molecule has 7 nitrogen and oxygen atoms in total. The topological polar surface area (TPSA) is 87.2 Å². The molecule has 0 saturated carbocycles. The molecule has 166 valence electrons. The number of nitrogens with zero attached hydrogens (tertiary/aromatic N) is 2. The highest BCUT2D eigenvalue weighted by molar-refractivity contribution is 6.31. The molecule has 0 aliphatic carbocycles. The number of anilines is 2. The molecule has 3 aromatic rings. The Bertz CT molecular complexity index is 1250. The van der Waals surface area contributed by atoms with Crippen LogP contribution < -0.4 is 9.96 Å². The molecule has 2 saturated heterocycles. The van der Waals surface area contributed by atoms with Crippen LogP contribution in [0.4, 0.5) is 15.8 Å². The molecule has 5 rings (SSSR count). The third kappa shape index (κ3) is 3.35. The zero-order valence-electron chi connectivity index (χ0n) is 16.9. The molecule has 0 aromatic heterocycles. The van der Waals surface area contributed by atoms with Gasteiger partial charge in [0.05, 0.1) is 16.9 Å². The quantitative estimate of drug-likeness (QED) is 0.579. The lowest BCUT2D eigenvalue weighted by Gasteiger charge is -2.29. The first-order chi connectivity index (χ1) is 15.9. The van der Waals surface area contributed by atoms with E-state index in [0.29, 0.717) is 5.69 Å². The Hall–Kier alpha value is -3.75. The summed E-state index contributed by atoms with van der Waals surface area (Å²) in [4.78, 5) is 44.8. The number of carbonyl (C=O) groups is 3. The molecule has 0 unspecified atom stereocenters. The van der Waals surface area contributed by atoms with Gasteiger partial charge in [-0.25, -0.2) is 19.1 Å². The molecule has 2 fully saturated rings. The number of carboxylic acid groups (broad SMARTS) is 1. The van der Waals surface area contributed by atoms with Crippen LogP contribution in [0.2, 0.25) is 5.02 Å². The molecule has 33 heavy (non-hydrogen) atoms. The van der Waals surface area contributed by atoms with E-state index in [1.807, 2.05) is 0 Å². The second kappa shape index (κ2) is 7.99. The van der Waals surface area contributed by atoms with E-state index in [4.69, 9.17) is 21.5 Å². The van der Waals surface area contributed by atoms with E-state index < -0.39 is 41.7 Å². The normalized spacial score (nSPS) is 22.1. The smallest absolute Gasteiger partial charge is 0.335 e. The van der Waals surface area contributed by atoms with Gasteiger partial charge in [0, 0.05) is 10.6 Å². The number of benzene rings is 3. The number of aromatic carboxylic acids is 1. The average Bonchev–Trinajstić information content (AvgIpc) is 3.30. The number of para-hydroxylation sites is 1. The lowest BCUT2D eigenvalue weighted by molar-refractivity contribution is -0.126. The minimum Gasteiger partial charge on any atom is -0.478 e. The summed E-state index contributed by atoms with van der Waals surface area (Å²) in [6.07, 6.45) is -1.20. The lowest BCUT2D eigenvalue weighted by atomic mass is 9.90. The summed E-state index contributed by atoms with van der Waals surface area (Å²) in [6.45, 7) is 0. The molecule has 3 aromatic carbocycles. The zero-order chi connectivity index (χ0) is 23.3. The first kappa shape index (κ1) is 21.1. The van der Waals surface area contributed by atoms with Gasteiger partial charge in [-0.1, -0.05) is 35.9 Å². The van der Waals surface area contributed by atoms with E-state index in [1.54, 1.807) is 30.3 Å². The average molecular weight is 467 g/mol. The number of fused-ring (bicyclic) bond motifs is 1. The second-order valence-electron chi connectivity index (χ2n) is 7.66. The van der Waals surface area contributed by atoms with Crippen LogP contribution in [0.25, 0.3) is 0 Å². The summed E-state index contributed by atoms with van der Waals surface area (Å²) < 4.78 is 15.0. The number of amides is 2. The van der Waals surface area contributed by atoms with Crippen LogP contribution in [-0.4, -0.2) is 29.0 Å². The summed E-state index contributed by atoms with van der Waals surface area (Å²) in [7, 11) is 0. The molecule has 2 aliphatic heterocycles. The number of imide groups is 1. The van der Waals surface area contributed by atoms with Gasteiger partial charge in [0.2, 0.25) is 5.91 Å². The summed E-state index contributed by atoms with van der Waals surface area (Å²) >= 11 is 6.35. The number of hydrogen-bond acceptors (Lipinski definition) is 5. The fourth-order valence-electron chi connectivity index (χ4n) is 4.31. The van der Waals surface area contributed by atoms with E-state index >= 15 is 0 Å². The Balaban J connectivity index is 1.59. The summed E-state index contributed by atoms with van der Waals surface area (Å²) in [5, 5.41) is 10.6. The van der Waals surface area contributed by atoms with Gasteiger partial charge >= 0.3 is 5.97 Å². The van der Waals surface area contributed by atoms with Gasteiger partial charge in [0.25, 0.3) is 5.91 Å². The maximum atomic E-state index is 15.0. The van der Waals surface area contributed by atoms with Crippen molar-refractivity contribution in [2.24, 2.45) is 5.92 Å². The second-order valence-corrected chi connectivity index (χ2v) is 8.06. The lowest BCUT2D eigenvalue weighted by Crippen LogP contribution is -2.37. The molecule has 2 aliphatic rings. The molecule has 0 spiro atoms. The Labute approximate surface area is 192 Å². The van der Waals surface area contributed by atoms with Gasteiger partial charge in [0.1, 0.15) is 17.8 Å². The van der Waals surface area contributed by atoms with E-state index in [0.717, 1.165) is 4.90 Å². The number of hydroxylamine groups is 1. The van der Waals surface area contributed by atoms with Crippen LogP contribution in [-0.2, 0) is 14.4 Å². The van der Waals surface area contributed by atoms with Crippen LogP contribution in [0.3, 0.4) is 0 Å². The number of carbonyl (C=O) groups excluding carboxylic acids is 2. The molecule has 2 heterocycles. The highest BCUT2D eigenvalue weighted by atomic mass is 35.5. The van der Waals surface area contributed by atoms with Crippen LogP contribution in [0.5, 0.6) is 0 Å². The first-order valence-corrected chi connectivity index (χ1v) is 10.4. The van der Waals surface area contributed by atoms with Crippen molar-refractivity contribution in [1.82, 2.24) is 0 Å². The first-order valence-electron chi connectivity index (χ1n) is 10.0. The van der Waals surface area contributed by atoms with Crippen molar-refractivity contribution in [2.45, 2.75) is 12.1 Å². The summed E-state index contributed by atoms with van der Waals surface area (Å²) in [6, 6.07) is 17.3. The number of rotatable bonds is 4. The van der Waals surface area contributed by atoms with Crippen LogP contribution in [0.15, 0.2) is 72.8 Å². The van der Waals surface area contributed by atoms with E-state index in [9.17, 15) is 18.8 Å². The highest BCUT2D eigenvalue weighted by Gasteiger charge is 2.61. The van der Waals surface area contributed by atoms with E-state index in [-0.39, 0.29) is 21.8 Å². The Morgan fingerprint density at radius 1 is 0.909 bits per heavy atom. The van der Waals surface area contributed by atoms with E-state index in [1.165, 1.54) is 47.5 Å². The summed E-state index contributed by atoms with van der Waals surface area (Å²) in [5.41, 5.74) is 0.812. The predicted molar refractivity (Wildman–Crippen MR) is 117 cm³/mol. The number of hydrogen-bond donors (Lipinski definition) is 1. The molecule has 9 heteroatoms. The predicted octanol–water partition coefficient (Wildman–Crippen LogP) is 4.23. The minimum atomic E-state index is -1.20. The van der Waals surface area contributed by atoms with Crippen molar-refractivity contribution in [1.29, 1.82) is 0 Å². The number of halogens is 2. The fraction of sp³-hybridized carbons (Fsp3) is 0.125. The molecule has 0 radical (unpaired) electrons. The van der Waals surface area contributed by atoms with E-state index in [2.05, 4.69) is 0 Å². The third-order valence-corrected chi connectivity index (χ3v) is 6.12. The van der Waals surface area contributed by atoms with Crippen molar-refractivity contribution in [3.63, 3.8) is 0 Å². The molecule has 1 N–H and O–H groups in total. The van der Waals surface area contributed by atoms with Crippen molar-refractivity contribution >= 4 is 40.8 Å². The van der Waals surface area contributed by atoms with Gasteiger partial charge in [-0.05, 0) is 48.5 Å². The van der Waals surface area contributed by atoms with Gasteiger partial charge in [0.15, 0.2) is 6.10 Å².